The van der Waals surface area contributed by atoms with Crippen molar-refractivity contribution in [3.8, 4) is 5.75 Å². The first kappa shape index (κ1) is 14.7. The van der Waals surface area contributed by atoms with E-state index in [0.29, 0.717) is 30.2 Å². The Labute approximate surface area is 112 Å². The summed E-state index contributed by atoms with van der Waals surface area (Å²) in [6.07, 6.45) is 0. The molecule has 0 atom stereocenters. The maximum atomic E-state index is 11.7. The fourth-order valence-corrected chi connectivity index (χ4v) is 1.89. The maximum absolute atomic E-state index is 11.7. The zero-order valence-corrected chi connectivity index (χ0v) is 11.6. The molecule has 18 heavy (non-hydrogen) atoms. The van der Waals surface area contributed by atoms with Crippen LogP contribution in [0.25, 0.3) is 0 Å². The van der Waals surface area contributed by atoms with Crippen LogP contribution < -0.4 is 10.5 Å². The van der Waals surface area contributed by atoms with Gasteiger partial charge in [0.2, 0.25) is 0 Å². The first-order valence-electron chi connectivity index (χ1n) is 5.96. The number of anilines is 1. The highest BCUT2D eigenvalue weighted by molar-refractivity contribution is 7.99. The molecular formula is C13H19NO3S. The van der Waals surface area contributed by atoms with Crippen molar-refractivity contribution in [1.82, 2.24) is 0 Å². The van der Waals surface area contributed by atoms with E-state index >= 15 is 0 Å². The second-order valence-corrected chi connectivity index (χ2v) is 4.92. The molecule has 0 radical (unpaired) electrons. The van der Waals surface area contributed by atoms with Gasteiger partial charge in [0.25, 0.3) is 0 Å². The molecule has 0 aromatic heterocycles. The van der Waals surface area contributed by atoms with Crippen molar-refractivity contribution in [3.63, 3.8) is 0 Å². The van der Waals surface area contributed by atoms with Gasteiger partial charge in [-0.3, -0.25) is 0 Å². The second-order valence-electron chi connectivity index (χ2n) is 3.52. The highest BCUT2D eigenvalue weighted by Gasteiger charge is 2.14. The van der Waals surface area contributed by atoms with Gasteiger partial charge >= 0.3 is 5.97 Å². The summed E-state index contributed by atoms with van der Waals surface area (Å²) in [5.74, 6) is 2.07. The van der Waals surface area contributed by atoms with Crippen LogP contribution in [0.3, 0.4) is 0 Å². The zero-order valence-electron chi connectivity index (χ0n) is 10.8. The van der Waals surface area contributed by atoms with Gasteiger partial charge in [0.05, 0.1) is 13.2 Å². The third kappa shape index (κ3) is 4.49. The fraction of sp³-hybridized carbons (Fsp3) is 0.462. The number of ether oxygens (including phenoxy) is 2. The molecule has 0 aliphatic carbocycles. The Hall–Kier alpha value is -1.36. The highest BCUT2D eigenvalue weighted by Crippen LogP contribution is 2.22. The number of rotatable bonds is 7. The number of carbonyl (C=O) groups is 1. The number of nitrogen functional groups attached to an aromatic ring is 1. The largest absolute Gasteiger partial charge is 0.492 e. The van der Waals surface area contributed by atoms with Crippen LogP contribution in [0, 0.1) is 0 Å². The zero-order chi connectivity index (χ0) is 13.4. The molecule has 0 heterocycles. The average Bonchev–Trinajstić information content (AvgIpc) is 2.36. The molecule has 0 aliphatic rings. The molecule has 0 fully saturated rings. The molecular weight excluding hydrogens is 250 g/mol. The third-order valence-corrected chi connectivity index (χ3v) is 3.05. The van der Waals surface area contributed by atoms with Gasteiger partial charge in [-0.15, -0.1) is 0 Å². The van der Waals surface area contributed by atoms with Crippen molar-refractivity contribution in [3.05, 3.63) is 23.8 Å². The minimum atomic E-state index is -0.400. The van der Waals surface area contributed by atoms with Crippen LogP contribution in [-0.2, 0) is 4.74 Å². The first-order chi connectivity index (χ1) is 8.69. The van der Waals surface area contributed by atoms with E-state index < -0.39 is 5.97 Å². The molecule has 5 heteroatoms. The highest BCUT2D eigenvalue weighted by atomic mass is 32.2. The maximum Gasteiger partial charge on any atom is 0.341 e. The van der Waals surface area contributed by atoms with E-state index in [9.17, 15) is 4.79 Å². The minimum absolute atomic E-state index is 0.332. The molecule has 1 aromatic carbocycles. The molecule has 0 aliphatic heterocycles. The van der Waals surface area contributed by atoms with E-state index in [-0.39, 0.29) is 0 Å². The van der Waals surface area contributed by atoms with E-state index in [0.717, 1.165) is 11.5 Å². The molecule has 0 saturated heterocycles. The van der Waals surface area contributed by atoms with Crippen LogP contribution in [0.4, 0.5) is 5.69 Å². The topological polar surface area (TPSA) is 61.5 Å². The number of benzene rings is 1. The minimum Gasteiger partial charge on any atom is -0.492 e. The van der Waals surface area contributed by atoms with Gasteiger partial charge < -0.3 is 15.2 Å². The molecule has 4 nitrogen and oxygen atoms in total. The summed E-state index contributed by atoms with van der Waals surface area (Å²) in [5, 5.41) is 0. The summed E-state index contributed by atoms with van der Waals surface area (Å²) >= 11 is 1.79. The van der Waals surface area contributed by atoms with Crippen molar-refractivity contribution in [2.24, 2.45) is 0 Å². The van der Waals surface area contributed by atoms with Crippen LogP contribution in [0.1, 0.15) is 24.2 Å². The molecule has 0 bridgehead atoms. The normalized spacial score (nSPS) is 10.1. The van der Waals surface area contributed by atoms with Gasteiger partial charge in [-0.05, 0) is 30.9 Å². The van der Waals surface area contributed by atoms with E-state index in [1.165, 1.54) is 0 Å². The monoisotopic (exact) mass is 269 g/mol. The molecule has 0 unspecified atom stereocenters. The Morgan fingerprint density at radius 1 is 1.39 bits per heavy atom. The number of esters is 1. The number of carbonyl (C=O) groups excluding carboxylic acids is 1. The molecule has 0 amide bonds. The van der Waals surface area contributed by atoms with Crippen LogP contribution in [0.15, 0.2) is 18.2 Å². The Kier molecular flexibility index (Phi) is 6.43. The molecule has 2 N–H and O–H groups in total. The lowest BCUT2D eigenvalue weighted by Crippen LogP contribution is -2.10. The molecule has 0 spiro atoms. The van der Waals surface area contributed by atoms with Crippen molar-refractivity contribution in [1.29, 1.82) is 0 Å². The smallest absolute Gasteiger partial charge is 0.341 e. The third-order valence-electron chi connectivity index (χ3n) is 2.19. The summed E-state index contributed by atoms with van der Waals surface area (Å²) in [4.78, 5) is 11.7. The summed E-state index contributed by atoms with van der Waals surface area (Å²) in [6.45, 7) is 4.76. The van der Waals surface area contributed by atoms with Gasteiger partial charge in [-0.1, -0.05) is 6.92 Å². The number of nitrogens with two attached hydrogens (primary N) is 1. The Bertz CT molecular complexity index is 396. The lowest BCUT2D eigenvalue weighted by atomic mass is 10.2. The lowest BCUT2D eigenvalue weighted by molar-refractivity contribution is 0.0522. The van der Waals surface area contributed by atoms with Gasteiger partial charge in [0.15, 0.2) is 0 Å². The van der Waals surface area contributed by atoms with E-state index in [4.69, 9.17) is 15.2 Å². The Balaban J connectivity index is 2.73. The van der Waals surface area contributed by atoms with Crippen molar-refractivity contribution in [2.45, 2.75) is 13.8 Å². The number of hydrogen-bond acceptors (Lipinski definition) is 5. The van der Waals surface area contributed by atoms with Crippen molar-refractivity contribution < 1.29 is 14.3 Å². The predicted molar refractivity (Wildman–Crippen MR) is 75.3 cm³/mol. The summed E-state index contributed by atoms with van der Waals surface area (Å²) < 4.78 is 10.6. The molecule has 1 aromatic rings. The second kappa shape index (κ2) is 7.87. The van der Waals surface area contributed by atoms with Crippen LogP contribution in [0.5, 0.6) is 5.75 Å². The Morgan fingerprint density at radius 2 is 2.17 bits per heavy atom. The molecule has 0 saturated carbocycles. The summed E-state index contributed by atoms with van der Waals surface area (Å²) in [5.41, 5.74) is 6.58. The van der Waals surface area contributed by atoms with E-state index in [1.54, 1.807) is 36.9 Å². The predicted octanol–water partition coefficient (Wildman–Crippen LogP) is 2.58. The SMILES string of the molecule is CCOC(=O)c1cc(N)ccc1OCCSCC. The molecule has 100 valence electrons. The summed E-state index contributed by atoms with van der Waals surface area (Å²) in [7, 11) is 0. The number of thioether (sulfide) groups is 1. The van der Waals surface area contributed by atoms with Crippen LogP contribution >= 0.6 is 11.8 Å². The van der Waals surface area contributed by atoms with Crippen molar-refractivity contribution in [2.75, 3.05) is 30.5 Å². The van der Waals surface area contributed by atoms with Gasteiger partial charge in [-0.25, -0.2) is 4.79 Å². The quantitative estimate of drug-likeness (QED) is 0.468. The Morgan fingerprint density at radius 3 is 2.83 bits per heavy atom. The molecule has 1 rings (SSSR count). The van der Waals surface area contributed by atoms with Crippen molar-refractivity contribution >= 4 is 23.4 Å². The standard InChI is InChI=1S/C13H19NO3S/c1-3-16-13(15)11-9-10(14)5-6-12(11)17-7-8-18-4-2/h5-6,9H,3-4,7-8,14H2,1-2H3. The van der Waals surface area contributed by atoms with Gasteiger partial charge in [-0.2, -0.15) is 11.8 Å². The first-order valence-corrected chi connectivity index (χ1v) is 7.11. The van der Waals surface area contributed by atoms with Gasteiger partial charge in [0, 0.05) is 11.4 Å². The van der Waals surface area contributed by atoms with Crippen LogP contribution in [-0.4, -0.2) is 30.7 Å². The van der Waals surface area contributed by atoms with E-state index in [1.807, 2.05) is 0 Å². The van der Waals surface area contributed by atoms with E-state index in [2.05, 4.69) is 6.92 Å². The number of hydrogen-bond donors (Lipinski definition) is 1. The fourth-order valence-electron chi connectivity index (χ4n) is 1.40. The van der Waals surface area contributed by atoms with Gasteiger partial charge in [0.1, 0.15) is 11.3 Å². The van der Waals surface area contributed by atoms with Crippen LogP contribution in [0.2, 0.25) is 0 Å². The summed E-state index contributed by atoms with van der Waals surface area (Å²) in [6, 6.07) is 5.00. The lowest BCUT2D eigenvalue weighted by Gasteiger charge is -2.11. The average molecular weight is 269 g/mol.